The number of nitrogens with two attached hydrogens (primary N) is 1. The summed E-state index contributed by atoms with van der Waals surface area (Å²) in [4.78, 5) is 26.1. The number of rotatable bonds is 4. The van der Waals surface area contributed by atoms with Crippen LogP contribution >= 0.6 is 0 Å². The third-order valence-electron chi connectivity index (χ3n) is 4.96. The van der Waals surface area contributed by atoms with Crippen LogP contribution < -0.4 is 11.1 Å². The largest absolute Gasteiger partial charge is 0.353 e. The van der Waals surface area contributed by atoms with E-state index in [2.05, 4.69) is 5.32 Å². The second kappa shape index (κ2) is 5.02. The summed E-state index contributed by atoms with van der Waals surface area (Å²) in [5.41, 5.74) is 5.51. The Hall–Kier alpha value is -1.10. The first-order chi connectivity index (χ1) is 9.48. The average molecular weight is 279 g/mol. The Morgan fingerprint density at radius 1 is 1.10 bits per heavy atom. The van der Waals surface area contributed by atoms with Crippen LogP contribution in [0.2, 0.25) is 0 Å². The Kier molecular flexibility index (Phi) is 3.48. The van der Waals surface area contributed by atoms with E-state index in [-0.39, 0.29) is 23.8 Å². The molecule has 3 fully saturated rings. The first-order valence-electron chi connectivity index (χ1n) is 7.87. The number of hydrogen-bond donors (Lipinski definition) is 2. The second-order valence-electron chi connectivity index (χ2n) is 6.91. The zero-order valence-electron chi connectivity index (χ0n) is 12.2. The van der Waals surface area contributed by atoms with Gasteiger partial charge in [0.1, 0.15) is 0 Å². The normalized spacial score (nSPS) is 27.0. The van der Waals surface area contributed by atoms with E-state index in [4.69, 9.17) is 5.73 Å². The van der Waals surface area contributed by atoms with Crippen molar-refractivity contribution in [1.82, 2.24) is 10.2 Å². The van der Waals surface area contributed by atoms with Crippen LogP contribution in [0.3, 0.4) is 0 Å². The molecule has 0 aromatic heterocycles. The molecule has 0 spiro atoms. The summed E-state index contributed by atoms with van der Waals surface area (Å²) in [6.07, 6.45) is 5.93. The molecule has 3 rings (SSSR count). The summed E-state index contributed by atoms with van der Waals surface area (Å²) in [5.74, 6) is 0.919. The van der Waals surface area contributed by atoms with E-state index in [1.54, 1.807) is 0 Å². The van der Waals surface area contributed by atoms with Crippen LogP contribution in [0.1, 0.15) is 45.4 Å². The van der Waals surface area contributed by atoms with E-state index < -0.39 is 5.54 Å². The van der Waals surface area contributed by atoms with Gasteiger partial charge < -0.3 is 16.0 Å². The molecule has 3 N–H and O–H groups in total. The van der Waals surface area contributed by atoms with E-state index in [1.807, 2.05) is 11.8 Å². The molecule has 112 valence electrons. The molecule has 1 aliphatic heterocycles. The third-order valence-corrected chi connectivity index (χ3v) is 4.96. The van der Waals surface area contributed by atoms with Crippen LogP contribution in [0.25, 0.3) is 0 Å². The molecule has 2 amide bonds. The van der Waals surface area contributed by atoms with Gasteiger partial charge in [-0.25, -0.2) is 0 Å². The highest BCUT2D eigenvalue weighted by Crippen LogP contribution is 2.39. The van der Waals surface area contributed by atoms with Gasteiger partial charge in [0.15, 0.2) is 0 Å². The molecule has 1 unspecified atom stereocenters. The van der Waals surface area contributed by atoms with Gasteiger partial charge >= 0.3 is 0 Å². The monoisotopic (exact) mass is 279 g/mol. The third kappa shape index (κ3) is 2.82. The van der Waals surface area contributed by atoms with Gasteiger partial charge in [-0.3, -0.25) is 9.59 Å². The van der Waals surface area contributed by atoms with Crippen LogP contribution in [0.15, 0.2) is 0 Å². The number of carbonyl (C=O) groups is 2. The minimum Gasteiger partial charge on any atom is -0.353 e. The fourth-order valence-corrected chi connectivity index (χ4v) is 3.09. The average Bonchev–Trinajstić information content (AvgIpc) is 3.31. The van der Waals surface area contributed by atoms with Crippen molar-refractivity contribution in [2.24, 2.45) is 17.6 Å². The number of piperidine rings is 1. The van der Waals surface area contributed by atoms with E-state index >= 15 is 0 Å². The molecule has 1 heterocycles. The van der Waals surface area contributed by atoms with Gasteiger partial charge in [0, 0.05) is 25.0 Å². The van der Waals surface area contributed by atoms with Gasteiger partial charge in [-0.05, 0) is 51.4 Å². The molecule has 2 saturated carbocycles. The highest BCUT2D eigenvalue weighted by atomic mass is 16.2. The molecule has 5 nitrogen and oxygen atoms in total. The minimum atomic E-state index is -0.690. The first-order valence-corrected chi connectivity index (χ1v) is 7.87. The summed E-state index contributed by atoms with van der Waals surface area (Å²) in [5, 5.41) is 3.11. The lowest BCUT2D eigenvalue weighted by Gasteiger charge is -2.37. The number of amides is 2. The quantitative estimate of drug-likeness (QED) is 0.792. The predicted octanol–water partition coefficient (Wildman–Crippen LogP) is 0.631. The van der Waals surface area contributed by atoms with Crippen LogP contribution in [0.4, 0.5) is 0 Å². The molecule has 0 aromatic rings. The number of likely N-dealkylation sites (tertiary alicyclic amines) is 1. The highest BCUT2D eigenvalue weighted by molar-refractivity contribution is 5.86. The van der Waals surface area contributed by atoms with Crippen LogP contribution in [0.5, 0.6) is 0 Å². The Bertz CT molecular complexity index is 405. The lowest BCUT2D eigenvalue weighted by Crippen LogP contribution is -2.57. The molecule has 0 radical (unpaired) electrons. The number of nitrogens with one attached hydrogen (secondary N) is 1. The number of carbonyl (C=O) groups excluding carboxylic acids is 2. The summed E-state index contributed by atoms with van der Waals surface area (Å²) in [7, 11) is 0. The SMILES string of the molecule is CC(N)(C(=O)N1CCC(NC(=O)C2CC2)CC1)C1CC1. The molecule has 5 heteroatoms. The molecule has 20 heavy (non-hydrogen) atoms. The maximum Gasteiger partial charge on any atom is 0.242 e. The topological polar surface area (TPSA) is 75.4 Å². The molecular formula is C15H25N3O2. The first kappa shape index (κ1) is 13.9. The van der Waals surface area contributed by atoms with Gasteiger partial charge in [-0.1, -0.05) is 0 Å². The summed E-state index contributed by atoms with van der Waals surface area (Å²) in [6, 6.07) is 0.233. The zero-order chi connectivity index (χ0) is 14.3. The maximum atomic E-state index is 12.5. The summed E-state index contributed by atoms with van der Waals surface area (Å²) < 4.78 is 0. The van der Waals surface area contributed by atoms with Gasteiger partial charge in [0.25, 0.3) is 0 Å². The van der Waals surface area contributed by atoms with Crippen molar-refractivity contribution < 1.29 is 9.59 Å². The van der Waals surface area contributed by atoms with Crippen LogP contribution in [-0.2, 0) is 9.59 Å². The van der Waals surface area contributed by atoms with Crippen molar-refractivity contribution in [2.75, 3.05) is 13.1 Å². The van der Waals surface area contributed by atoms with Gasteiger partial charge in [0.05, 0.1) is 5.54 Å². The molecular weight excluding hydrogens is 254 g/mol. The van der Waals surface area contributed by atoms with Crippen molar-refractivity contribution in [3.8, 4) is 0 Å². The Morgan fingerprint density at radius 3 is 2.20 bits per heavy atom. The van der Waals surface area contributed by atoms with Crippen LogP contribution in [0, 0.1) is 11.8 Å². The Balaban J connectivity index is 1.47. The van der Waals surface area contributed by atoms with Crippen molar-refractivity contribution in [2.45, 2.75) is 57.0 Å². The zero-order valence-corrected chi connectivity index (χ0v) is 12.2. The Morgan fingerprint density at radius 2 is 1.70 bits per heavy atom. The van der Waals surface area contributed by atoms with Crippen molar-refractivity contribution in [3.63, 3.8) is 0 Å². The standard InChI is InChI=1S/C15H25N3O2/c1-15(16,11-4-5-11)14(20)18-8-6-12(7-9-18)17-13(19)10-2-3-10/h10-12H,2-9,16H2,1H3,(H,17,19). The minimum absolute atomic E-state index is 0.0898. The van der Waals surface area contributed by atoms with E-state index in [1.165, 1.54) is 0 Å². The second-order valence-corrected chi connectivity index (χ2v) is 6.91. The van der Waals surface area contributed by atoms with E-state index in [9.17, 15) is 9.59 Å². The van der Waals surface area contributed by atoms with E-state index in [0.717, 1.165) is 38.5 Å². The smallest absolute Gasteiger partial charge is 0.242 e. The molecule has 1 atom stereocenters. The van der Waals surface area contributed by atoms with Gasteiger partial charge in [0.2, 0.25) is 11.8 Å². The van der Waals surface area contributed by atoms with E-state index in [0.29, 0.717) is 19.0 Å². The van der Waals surface area contributed by atoms with Crippen molar-refractivity contribution >= 4 is 11.8 Å². The lowest BCUT2D eigenvalue weighted by molar-refractivity contribution is -0.138. The number of nitrogens with zero attached hydrogens (tertiary/aromatic N) is 1. The molecule has 0 bridgehead atoms. The fraction of sp³-hybridized carbons (Fsp3) is 0.867. The van der Waals surface area contributed by atoms with Crippen molar-refractivity contribution in [1.29, 1.82) is 0 Å². The lowest BCUT2D eigenvalue weighted by atomic mass is 9.93. The van der Waals surface area contributed by atoms with Gasteiger partial charge in [-0.2, -0.15) is 0 Å². The molecule has 1 saturated heterocycles. The molecule has 3 aliphatic rings. The molecule has 2 aliphatic carbocycles. The highest BCUT2D eigenvalue weighted by Gasteiger charge is 2.46. The van der Waals surface area contributed by atoms with Gasteiger partial charge in [-0.15, -0.1) is 0 Å². The fourth-order valence-electron chi connectivity index (χ4n) is 3.09. The summed E-state index contributed by atoms with van der Waals surface area (Å²) in [6.45, 7) is 3.30. The predicted molar refractivity (Wildman–Crippen MR) is 75.8 cm³/mol. The Labute approximate surface area is 120 Å². The van der Waals surface area contributed by atoms with Crippen LogP contribution in [-0.4, -0.2) is 41.4 Å². The molecule has 0 aromatic carbocycles. The van der Waals surface area contributed by atoms with Crippen molar-refractivity contribution in [3.05, 3.63) is 0 Å². The summed E-state index contributed by atoms with van der Waals surface area (Å²) >= 11 is 0. The maximum absolute atomic E-state index is 12.5. The number of hydrogen-bond acceptors (Lipinski definition) is 3.